The Balaban J connectivity index is 1.98. The van der Waals surface area contributed by atoms with Crippen molar-refractivity contribution in [1.29, 1.82) is 0 Å². The monoisotopic (exact) mass is 288 g/mol. The lowest BCUT2D eigenvalue weighted by molar-refractivity contribution is -0.118. The molecule has 2 rings (SSSR count). The van der Waals surface area contributed by atoms with Crippen molar-refractivity contribution in [2.24, 2.45) is 0 Å². The minimum absolute atomic E-state index is 0.0453. The van der Waals surface area contributed by atoms with Crippen molar-refractivity contribution in [2.45, 2.75) is 33.1 Å². The summed E-state index contributed by atoms with van der Waals surface area (Å²) in [7, 11) is 0. The zero-order chi connectivity index (χ0) is 15.5. The van der Waals surface area contributed by atoms with E-state index in [2.05, 4.69) is 31.2 Å². The predicted octanol–water partition coefficient (Wildman–Crippen LogP) is 3.30. The normalized spacial score (nSPS) is 11.2. The van der Waals surface area contributed by atoms with E-state index in [0.717, 1.165) is 11.3 Å². The zero-order valence-corrected chi connectivity index (χ0v) is 12.8. The Kier molecular flexibility index (Phi) is 4.31. The minimum Gasteiger partial charge on any atom is -0.483 e. The molecule has 112 valence electrons. The highest BCUT2D eigenvalue weighted by Crippen LogP contribution is 2.30. The molecule has 0 unspecified atom stereocenters. The van der Waals surface area contributed by atoms with Crippen molar-refractivity contribution in [2.75, 3.05) is 11.9 Å². The molecule has 1 aromatic carbocycles. The van der Waals surface area contributed by atoms with Gasteiger partial charge in [0, 0.05) is 6.07 Å². The van der Waals surface area contributed by atoms with Crippen LogP contribution in [-0.2, 0) is 10.2 Å². The molecule has 0 radical (unpaired) electrons. The number of aromatic nitrogens is 1. The molecule has 0 fully saturated rings. The number of ether oxygens (including phenoxy) is 1. The van der Waals surface area contributed by atoms with Crippen molar-refractivity contribution in [1.82, 2.24) is 5.16 Å². The van der Waals surface area contributed by atoms with E-state index in [1.807, 2.05) is 24.3 Å². The summed E-state index contributed by atoms with van der Waals surface area (Å²) in [4.78, 5) is 11.8. The van der Waals surface area contributed by atoms with Gasteiger partial charge in [0.25, 0.3) is 5.91 Å². The van der Waals surface area contributed by atoms with E-state index in [0.29, 0.717) is 11.6 Å². The van der Waals surface area contributed by atoms with E-state index in [1.54, 1.807) is 13.0 Å². The first-order valence-electron chi connectivity index (χ1n) is 6.82. The second kappa shape index (κ2) is 5.99. The fourth-order valence-corrected chi connectivity index (χ4v) is 1.96. The molecule has 0 atom stereocenters. The highest BCUT2D eigenvalue weighted by molar-refractivity contribution is 5.90. The van der Waals surface area contributed by atoms with Crippen molar-refractivity contribution >= 4 is 11.7 Å². The Hall–Kier alpha value is -2.30. The van der Waals surface area contributed by atoms with Crippen molar-refractivity contribution in [3.63, 3.8) is 0 Å². The van der Waals surface area contributed by atoms with Crippen LogP contribution in [0.4, 0.5) is 5.82 Å². The molecular formula is C16H20N2O3. The Morgan fingerprint density at radius 1 is 1.33 bits per heavy atom. The molecule has 0 saturated heterocycles. The minimum atomic E-state index is -0.271. The Morgan fingerprint density at radius 3 is 2.67 bits per heavy atom. The van der Waals surface area contributed by atoms with Gasteiger partial charge in [0.2, 0.25) is 0 Å². The topological polar surface area (TPSA) is 64.4 Å². The molecule has 0 aliphatic carbocycles. The van der Waals surface area contributed by atoms with Gasteiger partial charge in [0.15, 0.2) is 12.4 Å². The Labute approximate surface area is 124 Å². The van der Waals surface area contributed by atoms with Crippen LogP contribution in [0, 0.1) is 6.92 Å². The van der Waals surface area contributed by atoms with E-state index in [1.165, 1.54) is 0 Å². The average Bonchev–Trinajstić information content (AvgIpc) is 2.81. The number of para-hydroxylation sites is 1. The molecule has 1 aromatic heterocycles. The summed E-state index contributed by atoms with van der Waals surface area (Å²) in [5, 5.41) is 6.33. The van der Waals surface area contributed by atoms with E-state index in [-0.39, 0.29) is 17.9 Å². The SMILES string of the molecule is Cc1cc(NC(=O)COc2ccccc2C(C)(C)C)no1. The number of nitrogens with one attached hydrogen (secondary N) is 1. The second-order valence-electron chi connectivity index (χ2n) is 5.91. The largest absolute Gasteiger partial charge is 0.483 e. The molecule has 5 heteroatoms. The Bertz CT molecular complexity index is 626. The first kappa shape index (κ1) is 15.1. The van der Waals surface area contributed by atoms with E-state index >= 15 is 0 Å². The van der Waals surface area contributed by atoms with E-state index in [4.69, 9.17) is 9.26 Å². The molecule has 0 aliphatic rings. The Morgan fingerprint density at radius 2 is 2.05 bits per heavy atom. The lowest BCUT2D eigenvalue weighted by Gasteiger charge is -2.22. The predicted molar refractivity (Wildman–Crippen MR) is 80.5 cm³/mol. The number of amides is 1. The zero-order valence-electron chi connectivity index (χ0n) is 12.8. The number of carbonyl (C=O) groups is 1. The molecule has 5 nitrogen and oxygen atoms in total. The number of hydrogen-bond donors (Lipinski definition) is 1. The van der Waals surface area contributed by atoms with Crippen LogP contribution < -0.4 is 10.1 Å². The average molecular weight is 288 g/mol. The van der Waals surface area contributed by atoms with Crippen LogP contribution in [0.1, 0.15) is 32.1 Å². The molecule has 1 amide bonds. The van der Waals surface area contributed by atoms with Crippen LogP contribution in [0.3, 0.4) is 0 Å². The summed E-state index contributed by atoms with van der Waals surface area (Å²) in [5.74, 6) is 1.48. The third kappa shape index (κ3) is 4.08. The molecular weight excluding hydrogens is 268 g/mol. The van der Waals surface area contributed by atoms with Crippen LogP contribution in [0.2, 0.25) is 0 Å². The van der Waals surface area contributed by atoms with Gasteiger partial charge < -0.3 is 14.6 Å². The smallest absolute Gasteiger partial charge is 0.263 e. The lowest BCUT2D eigenvalue weighted by Crippen LogP contribution is -2.22. The molecule has 0 saturated carbocycles. The van der Waals surface area contributed by atoms with E-state index in [9.17, 15) is 4.79 Å². The van der Waals surface area contributed by atoms with Crippen LogP contribution in [-0.4, -0.2) is 17.7 Å². The van der Waals surface area contributed by atoms with Gasteiger partial charge in [-0.2, -0.15) is 0 Å². The maximum atomic E-state index is 11.8. The van der Waals surface area contributed by atoms with Gasteiger partial charge >= 0.3 is 0 Å². The third-order valence-electron chi connectivity index (χ3n) is 2.95. The van der Waals surface area contributed by atoms with E-state index < -0.39 is 0 Å². The summed E-state index contributed by atoms with van der Waals surface area (Å²) in [6, 6.07) is 9.39. The standard InChI is InChI=1S/C16H20N2O3/c1-11-9-14(18-21-11)17-15(19)10-20-13-8-6-5-7-12(13)16(2,3)4/h5-9H,10H2,1-4H3,(H,17,18,19). The molecule has 0 bridgehead atoms. The van der Waals surface area contributed by atoms with Crippen LogP contribution >= 0.6 is 0 Å². The van der Waals surface area contributed by atoms with Gasteiger partial charge in [-0.3, -0.25) is 4.79 Å². The third-order valence-corrected chi connectivity index (χ3v) is 2.95. The number of anilines is 1. The first-order valence-corrected chi connectivity index (χ1v) is 6.82. The summed E-state index contributed by atoms with van der Waals surface area (Å²) in [6.45, 7) is 8.01. The fraction of sp³-hybridized carbons (Fsp3) is 0.375. The van der Waals surface area contributed by atoms with Crippen LogP contribution in [0.5, 0.6) is 5.75 Å². The summed E-state index contributed by atoms with van der Waals surface area (Å²) < 4.78 is 10.5. The second-order valence-corrected chi connectivity index (χ2v) is 5.91. The van der Waals surface area contributed by atoms with Gasteiger partial charge in [-0.15, -0.1) is 0 Å². The summed E-state index contributed by atoms with van der Waals surface area (Å²) in [6.07, 6.45) is 0. The first-order chi connectivity index (χ1) is 9.86. The van der Waals surface area contributed by atoms with Gasteiger partial charge in [0.05, 0.1) is 0 Å². The quantitative estimate of drug-likeness (QED) is 0.937. The maximum absolute atomic E-state index is 11.8. The van der Waals surface area contributed by atoms with Crippen molar-refractivity contribution < 1.29 is 14.1 Å². The molecule has 1 N–H and O–H groups in total. The van der Waals surface area contributed by atoms with Crippen molar-refractivity contribution in [3.05, 3.63) is 41.7 Å². The number of hydrogen-bond acceptors (Lipinski definition) is 4. The van der Waals surface area contributed by atoms with Gasteiger partial charge in [-0.25, -0.2) is 0 Å². The number of rotatable bonds is 4. The van der Waals surface area contributed by atoms with Crippen molar-refractivity contribution in [3.8, 4) is 5.75 Å². The highest BCUT2D eigenvalue weighted by atomic mass is 16.5. The number of aryl methyl sites for hydroxylation is 1. The number of carbonyl (C=O) groups excluding carboxylic acids is 1. The van der Waals surface area contributed by atoms with Gasteiger partial charge in [-0.05, 0) is 24.0 Å². The van der Waals surface area contributed by atoms with Gasteiger partial charge in [-0.1, -0.05) is 44.1 Å². The molecule has 21 heavy (non-hydrogen) atoms. The van der Waals surface area contributed by atoms with Crippen LogP contribution in [0.15, 0.2) is 34.9 Å². The molecule has 0 spiro atoms. The lowest BCUT2D eigenvalue weighted by atomic mass is 9.86. The molecule has 0 aliphatic heterocycles. The highest BCUT2D eigenvalue weighted by Gasteiger charge is 2.19. The summed E-state index contributed by atoms with van der Waals surface area (Å²) >= 11 is 0. The summed E-state index contributed by atoms with van der Waals surface area (Å²) in [5.41, 5.74) is 1.02. The molecule has 1 heterocycles. The fourth-order valence-electron chi connectivity index (χ4n) is 1.96. The number of nitrogens with zero attached hydrogens (tertiary/aromatic N) is 1. The maximum Gasteiger partial charge on any atom is 0.263 e. The van der Waals surface area contributed by atoms with Gasteiger partial charge in [0.1, 0.15) is 11.5 Å². The van der Waals surface area contributed by atoms with Crippen LogP contribution in [0.25, 0.3) is 0 Å². The molecule has 2 aromatic rings. The number of benzene rings is 1.